The molecule has 0 heterocycles. The van der Waals surface area contributed by atoms with Gasteiger partial charge in [-0.1, -0.05) is 54.5 Å². The first-order valence-electron chi connectivity index (χ1n) is 7.58. The van der Waals surface area contributed by atoms with E-state index in [-0.39, 0.29) is 5.78 Å². The summed E-state index contributed by atoms with van der Waals surface area (Å²) in [5.74, 6) is 0.768. The third-order valence-electron chi connectivity index (χ3n) is 3.52. The van der Waals surface area contributed by atoms with Gasteiger partial charge in [0, 0.05) is 12.0 Å². The minimum absolute atomic E-state index is 0.0600. The maximum atomic E-state index is 12.1. The van der Waals surface area contributed by atoms with Crippen LogP contribution in [0.25, 0.3) is 0 Å². The van der Waals surface area contributed by atoms with E-state index in [0.29, 0.717) is 18.7 Å². The molecule has 0 aliphatic rings. The Labute approximate surface area is 136 Å². The minimum atomic E-state index is -0.0600. The normalized spacial score (nSPS) is 11.2. The van der Waals surface area contributed by atoms with Crippen LogP contribution in [0.2, 0.25) is 0 Å². The van der Waals surface area contributed by atoms with Crippen LogP contribution in [0.5, 0.6) is 5.75 Å². The maximum Gasteiger partial charge on any atom is 0.184 e. The summed E-state index contributed by atoms with van der Waals surface area (Å²) in [5.41, 5.74) is 3.04. The molecule has 0 radical (unpaired) electrons. The van der Waals surface area contributed by atoms with Gasteiger partial charge in [0.2, 0.25) is 0 Å². The Morgan fingerprint density at radius 3 is 2.48 bits per heavy atom. The van der Waals surface area contributed by atoms with E-state index in [1.54, 1.807) is 6.92 Å². The van der Waals surface area contributed by atoms with Gasteiger partial charge in [-0.2, -0.15) is 0 Å². The molecule has 0 aliphatic carbocycles. The van der Waals surface area contributed by atoms with E-state index < -0.39 is 0 Å². The molecular weight excluding hydrogens is 290 g/mol. The molecule has 0 atom stereocenters. The van der Waals surface area contributed by atoms with Gasteiger partial charge in [0.15, 0.2) is 11.5 Å². The van der Waals surface area contributed by atoms with E-state index in [0.717, 1.165) is 22.4 Å². The second-order valence-electron chi connectivity index (χ2n) is 5.11. The highest BCUT2D eigenvalue weighted by atomic mass is 16.6. The number of carbonyl (C=O) groups is 1. The number of aryl methyl sites for hydroxylation is 1. The van der Waals surface area contributed by atoms with Crippen molar-refractivity contribution in [2.24, 2.45) is 5.16 Å². The van der Waals surface area contributed by atoms with Crippen LogP contribution in [0.4, 0.5) is 0 Å². The molecule has 0 saturated carbocycles. The van der Waals surface area contributed by atoms with Crippen molar-refractivity contribution in [1.82, 2.24) is 0 Å². The molecule has 0 aromatic heterocycles. The number of benzene rings is 2. The average Bonchev–Trinajstić information content (AvgIpc) is 2.59. The van der Waals surface area contributed by atoms with E-state index in [2.05, 4.69) is 5.16 Å². The third-order valence-corrected chi connectivity index (χ3v) is 3.52. The quantitative estimate of drug-likeness (QED) is 0.575. The lowest BCUT2D eigenvalue weighted by molar-refractivity contribution is -0.112. The summed E-state index contributed by atoms with van der Waals surface area (Å²) >= 11 is 0. The van der Waals surface area contributed by atoms with Gasteiger partial charge in [-0.15, -0.1) is 0 Å². The summed E-state index contributed by atoms with van der Waals surface area (Å²) in [6.45, 7) is 4.17. The Morgan fingerprint density at radius 1 is 1.09 bits per heavy atom. The lowest BCUT2D eigenvalue weighted by Gasteiger charge is -2.13. The highest BCUT2D eigenvalue weighted by Crippen LogP contribution is 2.20. The average molecular weight is 311 g/mol. The second-order valence-corrected chi connectivity index (χ2v) is 5.11. The van der Waals surface area contributed by atoms with Gasteiger partial charge in [-0.25, -0.2) is 0 Å². The number of oxime groups is 1. The van der Waals surface area contributed by atoms with Crippen molar-refractivity contribution in [3.8, 4) is 5.75 Å². The minimum Gasteiger partial charge on any atom is -0.489 e. The molecule has 23 heavy (non-hydrogen) atoms. The molecule has 0 unspecified atom stereocenters. The number of rotatable bonds is 7. The second kappa shape index (κ2) is 8.13. The van der Waals surface area contributed by atoms with Gasteiger partial charge >= 0.3 is 0 Å². The SMILES string of the molecule is CCC(=O)C(=NOC)c1ccccc1COc1ccccc1C. The number of para-hydroxylation sites is 1. The molecule has 0 saturated heterocycles. The Balaban J connectivity index is 2.28. The number of hydrogen-bond donors (Lipinski definition) is 0. The highest BCUT2D eigenvalue weighted by Gasteiger charge is 2.17. The van der Waals surface area contributed by atoms with Gasteiger partial charge in [-0.05, 0) is 24.1 Å². The predicted octanol–water partition coefficient (Wildman–Crippen LogP) is 3.90. The molecule has 0 amide bonds. The maximum absolute atomic E-state index is 12.1. The molecular formula is C19H21NO3. The number of hydrogen-bond acceptors (Lipinski definition) is 4. The number of ketones is 1. The monoisotopic (exact) mass is 311 g/mol. The van der Waals surface area contributed by atoms with Crippen molar-refractivity contribution in [2.75, 3.05) is 7.11 Å². The molecule has 0 fully saturated rings. The van der Waals surface area contributed by atoms with Crippen LogP contribution in [-0.4, -0.2) is 18.6 Å². The van der Waals surface area contributed by atoms with E-state index in [4.69, 9.17) is 9.57 Å². The summed E-state index contributed by atoms with van der Waals surface area (Å²) in [6.07, 6.45) is 0.370. The zero-order valence-corrected chi connectivity index (χ0v) is 13.7. The first-order chi connectivity index (χ1) is 11.2. The van der Waals surface area contributed by atoms with Crippen molar-refractivity contribution >= 4 is 11.5 Å². The summed E-state index contributed by atoms with van der Waals surface area (Å²) in [6, 6.07) is 15.4. The van der Waals surface area contributed by atoms with Crippen molar-refractivity contribution in [3.63, 3.8) is 0 Å². The van der Waals surface area contributed by atoms with Crippen molar-refractivity contribution in [3.05, 3.63) is 65.2 Å². The van der Waals surface area contributed by atoms with Crippen LogP contribution in [-0.2, 0) is 16.2 Å². The molecule has 2 aromatic rings. The van der Waals surface area contributed by atoms with Crippen molar-refractivity contribution in [2.45, 2.75) is 26.9 Å². The fourth-order valence-electron chi connectivity index (χ4n) is 2.26. The van der Waals surface area contributed by atoms with E-state index >= 15 is 0 Å². The van der Waals surface area contributed by atoms with E-state index in [1.807, 2.05) is 55.5 Å². The van der Waals surface area contributed by atoms with Gasteiger partial charge < -0.3 is 9.57 Å². The Kier molecular flexibility index (Phi) is 5.92. The highest BCUT2D eigenvalue weighted by molar-refractivity contribution is 6.46. The zero-order valence-electron chi connectivity index (χ0n) is 13.7. The van der Waals surface area contributed by atoms with Crippen LogP contribution >= 0.6 is 0 Å². The molecule has 0 bridgehead atoms. The van der Waals surface area contributed by atoms with Crippen molar-refractivity contribution < 1.29 is 14.4 Å². The lowest BCUT2D eigenvalue weighted by Crippen LogP contribution is -2.17. The standard InChI is InChI=1S/C19H21NO3/c1-4-17(21)19(20-22-3)16-11-7-6-10-15(16)13-23-18-12-8-5-9-14(18)2/h5-12H,4,13H2,1-3H3. The van der Waals surface area contributed by atoms with Crippen LogP contribution in [0, 0.1) is 6.92 Å². The molecule has 4 nitrogen and oxygen atoms in total. The predicted molar refractivity (Wildman–Crippen MR) is 90.8 cm³/mol. The van der Waals surface area contributed by atoms with Gasteiger partial charge in [-0.3, -0.25) is 4.79 Å². The molecule has 0 aliphatic heterocycles. The topological polar surface area (TPSA) is 47.9 Å². The van der Waals surface area contributed by atoms with Crippen LogP contribution in [0.1, 0.15) is 30.0 Å². The Hall–Kier alpha value is -2.62. The Morgan fingerprint density at radius 2 is 1.78 bits per heavy atom. The molecule has 2 rings (SSSR count). The van der Waals surface area contributed by atoms with Gasteiger partial charge in [0.25, 0.3) is 0 Å². The summed E-state index contributed by atoms with van der Waals surface area (Å²) in [5, 5.41) is 3.91. The molecule has 2 aromatic carbocycles. The number of carbonyl (C=O) groups excluding carboxylic acids is 1. The zero-order chi connectivity index (χ0) is 16.7. The molecule has 0 spiro atoms. The largest absolute Gasteiger partial charge is 0.489 e. The molecule has 4 heteroatoms. The van der Waals surface area contributed by atoms with Crippen LogP contribution < -0.4 is 4.74 Å². The molecule has 120 valence electrons. The van der Waals surface area contributed by atoms with Gasteiger partial charge in [0.1, 0.15) is 19.5 Å². The van der Waals surface area contributed by atoms with Crippen LogP contribution in [0.15, 0.2) is 53.7 Å². The Bertz CT molecular complexity index is 707. The molecule has 0 N–H and O–H groups in total. The van der Waals surface area contributed by atoms with Crippen LogP contribution in [0.3, 0.4) is 0 Å². The first-order valence-corrected chi connectivity index (χ1v) is 7.58. The summed E-state index contributed by atoms with van der Waals surface area (Å²) in [4.78, 5) is 17.0. The summed E-state index contributed by atoms with van der Waals surface area (Å²) < 4.78 is 5.90. The number of Topliss-reactive ketones (excluding diaryl/α,β-unsaturated/α-hetero) is 1. The lowest BCUT2D eigenvalue weighted by atomic mass is 9.99. The number of ether oxygens (including phenoxy) is 1. The number of nitrogens with zero attached hydrogens (tertiary/aromatic N) is 1. The summed E-state index contributed by atoms with van der Waals surface area (Å²) in [7, 11) is 1.44. The van der Waals surface area contributed by atoms with E-state index in [9.17, 15) is 4.79 Å². The van der Waals surface area contributed by atoms with Gasteiger partial charge in [0.05, 0.1) is 0 Å². The first kappa shape index (κ1) is 16.7. The smallest absolute Gasteiger partial charge is 0.184 e. The van der Waals surface area contributed by atoms with E-state index in [1.165, 1.54) is 7.11 Å². The fraction of sp³-hybridized carbons (Fsp3) is 0.263. The fourth-order valence-corrected chi connectivity index (χ4v) is 2.26. The third kappa shape index (κ3) is 4.19. The van der Waals surface area contributed by atoms with Crippen molar-refractivity contribution in [1.29, 1.82) is 0 Å².